The average Bonchev–Trinajstić information content (AvgIpc) is 2.07. The highest BCUT2D eigenvalue weighted by atomic mass is 16.5. The number of ether oxygens (including phenoxy) is 9. The summed E-state index contributed by atoms with van der Waals surface area (Å²) in [5.74, 6) is 1.89. The minimum Gasteiger partial charge on any atom is -0.493 e. The lowest BCUT2D eigenvalue weighted by atomic mass is 9.90. The molecule has 0 saturated carbocycles. The molecular formula is C69H80N4O17. The summed E-state index contributed by atoms with van der Waals surface area (Å²) in [6.07, 6.45) is 10.0. The Hall–Kier alpha value is -10.5. The molecule has 1 atom stereocenters. The minimum absolute atomic E-state index is 0. The Bertz CT molecular complexity index is 3570. The van der Waals surface area contributed by atoms with Gasteiger partial charge in [-0.2, -0.15) is 0 Å². The highest BCUT2D eigenvalue weighted by Gasteiger charge is 2.46. The van der Waals surface area contributed by atoms with E-state index in [1.807, 2.05) is 12.1 Å². The number of fused-ring (bicyclic) bond motifs is 3. The van der Waals surface area contributed by atoms with E-state index >= 15 is 0 Å². The summed E-state index contributed by atoms with van der Waals surface area (Å²) in [7, 11) is 13.7. The Morgan fingerprint density at radius 3 is 1.27 bits per heavy atom. The number of anilines is 3. The van der Waals surface area contributed by atoms with Crippen LogP contribution in [0.2, 0.25) is 0 Å². The second kappa shape index (κ2) is 36.0. The number of hydrogen-bond donors (Lipinski definition) is 5. The van der Waals surface area contributed by atoms with Crippen molar-refractivity contribution >= 4 is 81.7 Å². The molecule has 0 aliphatic carbocycles. The molecule has 0 spiro atoms. The summed E-state index contributed by atoms with van der Waals surface area (Å²) in [6.45, 7) is 7.88. The number of amides is 3. The molecule has 0 bridgehead atoms. The Balaban J connectivity index is 0.000000316. The van der Waals surface area contributed by atoms with Gasteiger partial charge in [0.1, 0.15) is 0 Å². The van der Waals surface area contributed by atoms with Crippen LogP contribution in [0.3, 0.4) is 0 Å². The second-order valence-electron chi connectivity index (χ2n) is 18.7. The molecule has 1 unspecified atom stereocenters. The quantitative estimate of drug-likeness (QED) is 0.0351. The van der Waals surface area contributed by atoms with Gasteiger partial charge in [-0.15, -0.1) is 0 Å². The first-order chi connectivity index (χ1) is 42.3. The smallest absolute Gasteiger partial charge is 0.296 e. The van der Waals surface area contributed by atoms with E-state index in [1.165, 1.54) is 73.9 Å². The maximum atomic E-state index is 12.5. The molecule has 3 heterocycles. The molecule has 6 aromatic rings. The average molecular weight is 1240 g/mol. The Labute approximate surface area is 525 Å². The Kier molecular flexibility index (Phi) is 29.5. The molecule has 21 heteroatoms. The number of methoxy groups -OCH3 is 9. The van der Waals surface area contributed by atoms with Crippen LogP contribution < -0.4 is 63.9 Å². The number of nitrogens with one attached hydrogen (secondary N) is 4. The van der Waals surface area contributed by atoms with Crippen molar-refractivity contribution in [2.45, 2.75) is 47.6 Å². The fourth-order valence-corrected chi connectivity index (χ4v) is 8.78. The van der Waals surface area contributed by atoms with Crippen molar-refractivity contribution in [3.8, 4) is 51.7 Å². The number of hydrogen-bond acceptors (Lipinski definition) is 18. The monoisotopic (exact) mass is 1240 g/mol. The van der Waals surface area contributed by atoms with Gasteiger partial charge in [0.2, 0.25) is 17.2 Å². The lowest BCUT2D eigenvalue weighted by Gasteiger charge is -2.19. The van der Waals surface area contributed by atoms with Gasteiger partial charge in [0.25, 0.3) is 23.5 Å². The Morgan fingerprint density at radius 2 is 0.867 bits per heavy atom. The van der Waals surface area contributed by atoms with E-state index < -0.39 is 29.0 Å². The lowest BCUT2D eigenvalue weighted by molar-refractivity contribution is -0.138. The van der Waals surface area contributed by atoms with Crippen molar-refractivity contribution in [1.29, 1.82) is 0 Å². The number of rotatable bonds is 20. The van der Waals surface area contributed by atoms with Crippen molar-refractivity contribution < 1.29 is 81.3 Å². The summed E-state index contributed by atoms with van der Waals surface area (Å²) < 4.78 is 47.3. The molecule has 0 radical (unpaired) electrons. The van der Waals surface area contributed by atoms with Gasteiger partial charge in [0.15, 0.2) is 57.4 Å². The molecule has 3 amide bonds. The van der Waals surface area contributed by atoms with Crippen molar-refractivity contribution in [2.24, 2.45) is 0 Å². The molecule has 0 fully saturated rings. The van der Waals surface area contributed by atoms with E-state index in [0.717, 1.165) is 24.2 Å². The number of allylic oxidation sites excluding steroid dienone is 4. The van der Waals surface area contributed by atoms with E-state index in [-0.39, 0.29) is 38.7 Å². The number of ketones is 4. The molecule has 3 aliphatic heterocycles. The zero-order chi connectivity index (χ0) is 64.5. The first-order valence-electron chi connectivity index (χ1n) is 27.2. The van der Waals surface area contributed by atoms with Crippen LogP contribution in [0.1, 0.15) is 80.2 Å². The Morgan fingerprint density at radius 1 is 0.489 bits per heavy atom. The van der Waals surface area contributed by atoms with Gasteiger partial charge in [-0.1, -0.05) is 95.5 Å². The predicted octanol–water partition coefficient (Wildman–Crippen LogP) is 10.9. The van der Waals surface area contributed by atoms with E-state index in [2.05, 4.69) is 35.1 Å². The van der Waals surface area contributed by atoms with Gasteiger partial charge < -0.3 is 69.0 Å². The van der Waals surface area contributed by atoms with E-state index in [0.29, 0.717) is 96.6 Å². The topological polar surface area (TPSA) is 271 Å². The number of carbonyl (C=O) groups is 7. The van der Waals surface area contributed by atoms with Crippen LogP contribution in [0.4, 0.5) is 17.1 Å². The first-order valence-corrected chi connectivity index (χ1v) is 27.2. The fraction of sp³-hybridized carbons (Fsp3) is 0.261. The van der Waals surface area contributed by atoms with E-state index in [1.54, 1.807) is 137 Å². The van der Waals surface area contributed by atoms with Crippen LogP contribution in [-0.2, 0) is 34.4 Å². The molecule has 5 N–H and O–H groups in total. The van der Waals surface area contributed by atoms with Gasteiger partial charge in [-0.05, 0) is 122 Å². The van der Waals surface area contributed by atoms with Gasteiger partial charge in [-0.3, -0.25) is 33.6 Å². The maximum Gasteiger partial charge on any atom is 0.296 e. The molecule has 0 aromatic heterocycles. The highest BCUT2D eigenvalue weighted by molar-refractivity contribution is 6.51. The number of para-hydroxylation sites is 3. The van der Waals surface area contributed by atoms with Crippen LogP contribution in [0.5, 0.6) is 51.7 Å². The van der Waals surface area contributed by atoms with Crippen LogP contribution >= 0.6 is 0 Å². The molecule has 0 saturated heterocycles. The molecular weight excluding hydrogens is 1160 g/mol. The largest absolute Gasteiger partial charge is 0.493 e. The van der Waals surface area contributed by atoms with E-state index in [9.17, 15) is 38.7 Å². The number of benzene rings is 6. The molecule has 9 rings (SSSR count). The zero-order valence-corrected chi connectivity index (χ0v) is 51.0. The van der Waals surface area contributed by atoms with Crippen molar-refractivity contribution in [3.63, 3.8) is 0 Å². The molecule has 6 aromatic carbocycles. The zero-order valence-electron chi connectivity index (χ0n) is 51.0. The summed E-state index contributed by atoms with van der Waals surface area (Å²) >= 11 is 0. The third-order valence-corrected chi connectivity index (χ3v) is 13.0. The normalized spacial score (nSPS) is 14.0. The van der Waals surface area contributed by atoms with Crippen LogP contribution in [-0.4, -0.2) is 123 Å². The maximum absolute atomic E-state index is 12.5. The summed E-state index contributed by atoms with van der Waals surface area (Å²) in [6, 6.07) is 31.3. The lowest BCUT2D eigenvalue weighted by Crippen LogP contribution is -2.36. The number of Topliss-reactive ketones (excluding diaryl/α,β-unsaturated/α-hetero) is 1. The summed E-state index contributed by atoms with van der Waals surface area (Å²) in [5, 5.41) is 21.7. The van der Waals surface area contributed by atoms with Gasteiger partial charge in [0, 0.05) is 22.5 Å². The third kappa shape index (κ3) is 19.0. The van der Waals surface area contributed by atoms with Gasteiger partial charge in [-0.25, -0.2) is 0 Å². The fourth-order valence-electron chi connectivity index (χ4n) is 8.78. The molecule has 21 nitrogen and oxygen atoms in total. The summed E-state index contributed by atoms with van der Waals surface area (Å²) in [5.41, 5.74) is 4.05. The SMILES string of the molecule is C.C.CCNCC.COc1cc(/C=C/C(=O)/C=C2/C(=O)Nc3ccccc32)cc(OC)c1OC.COc1cc(/C=C/C(=O)CC2(O)C(=O)Nc3ccccc32)cc(OC)c1OC.COc1cc(/C=C/C(C)=O)cc(OC)c1OC.O=C1Nc2ccccc2C1=O. The molecule has 3 aliphatic rings. The predicted molar refractivity (Wildman–Crippen MR) is 350 cm³/mol. The third-order valence-electron chi connectivity index (χ3n) is 13.0. The van der Waals surface area contributed by atoms with E-state index in [4.69, 9.17) is 42.6 Å². The second-order valence-corrected chi connectivity index (χ2v) is 18.7. The van der Waals surface area contributed by atoms with Crippen molar-refractivity contribution in [3.05, 3.63) is 167 Å². The summed E-state index contributed by atoms with van der Waals surface area (Å²) in [4.78, 5) is 81.7. The number of aliphatic hydroxyl groups is 1. The van der Waals surface area contributed by atoms with Crippen LogP contribution in [0.25, 0.3) is 23.8 Å². The molecule has 478 valence electrons. The number of carbonyl (C=O) groups excluding carboxylic acids is 7. The minimum atomic E-state index is -1.88. The standard InChI is InChI=1S/C21H21NO6.C21H19NO5.C13H16O4.C8H5NO2.C4H11N.2CH4/c1-26-17-10-13(11-18(27-2)19(17)28-3)8-9-14(23)12-21(25)15-6-4-5-7-16(15)22-20(21)24;1-25-18-10-13(11-19(26-2)20(18)27-3)8-9-14(23)12-16-15-6-4-5-7-17(15)22-21(16)24;1-9(14)5-6-10-7-11(15-2)13(17-4)12(8-10)16-3;10-7-5-3-1-2-4-6(5)9-8(7)11;1-3-5-4-2;;/h4-11,25H,12H2,1-3H3,(H,22,24);4-12H,1-3H3,(H,22,24);5-8H,1-4H3;1-4H,(H,9,10,11);5H,3-4H2,1-2H3;2*1H4/b9-8+;9-8+,16-12+;6-5+;;;;. The van der Waals surface area contributed by atoms with Crippen molar-refractivity contribution in [2.75, 3.05) is 93.0 Å². The first kappa shape index (κ1) is 73.7. The molecule has 90 heavy (non-hydrogen) atoms. The highest BCUT2D eigenvalue weighted by Crippen LogP contribution is 2.42. The van der Waals surface area contributed by atoms with Gasteiger partial charge in [0.05, 0.1) is 87.2 Å². The van der Waals surface area contributed by atoms with Crippen LogP contribution in [0.15, 0.2) is 133 Å². The van der Waals surface area contributed by atoms with Gasteiger partial charge >= 0.3 is 0 Å². The van der Waals surface area contributed by atoms with Crippen molar-refractivity contribution in [1.82, 2.24) is 5.32 Å². The van der Waals surface area contributed by atoms with Crippen LogP contribution in [0, 0.1) is 0 Å².